The van der Waals surface area contributed by atoms with Crippen LogP contribution in [0, 0.1) is 6.92 Å². The topological polar surface area (TPSA) is 59.6 Å². The molecule has 1 aromatic heterocycles. The first-order valence-corrected chi connectivity index (χ1v) is 5.64. The summed E-state index contributed by atoms with van der Waals surface area (Å²) in [5.41, 5.74) is 1.36. The molecule has 0 radical (unpaired) electrons. The van der Waals surface area contributed by atoms with Gasteiger partial charge in [0.25, 0.3) is 0 Å². The van der Waals surface area contributed by atoms with Crippen LogP contribution in [0.4, 0.5) is 0 Å². The molecule has 0 unspecified atom stereocenters. The Hall–Kier alpha value is -2.01. The maximum Gasteiger partial charge on any atom is 0.226 e. The van der Waals surface area contributed by atoms with Crippen LogP contribution in [-0.2, 0) is 7.05 Å². The molecule has 5 nitrogen and oxygen atoms in total. The van der Waals surface area contributed by atoms with Crippen molar-refractivity contribution in [1.82, 2.24) is 9.78 Å². The molecule has 0 saturated heterocycles. The molecule has 0 aliphatic carbocycles. The van der Waals surface area contributed by atoms with Gasteiger partial charge in [-0.2, -0.15) is 5.10 Å². The fraction of sp³-hybridized carbons (Fsp3) is 0.167. The Balaban J connectivity index is 2.36. The van der Waals surface area contributed by atoms with Crippen molar-refractivity contribution in [2.24, 2.45) is 12.2 Å². The van der Waals surface area contributed by atoms with Crippen molar-refractivity contribution in [1.29, 1.82) is 0 Å². The van der Waals surface area contributed by atoms with Gasteiger partial charge in [-0.25, -0.2) is 4.68 Å². The van der Waals surface area contributed by atoms with Crippen LogP contribution in [0.5, 0.6) is 11.6 Å². The number of hydrogen-bond acceptors (Lipinski definition) is 4. The summed E-state index contributed by atoms with van der Waals surface area (Å²) < 4.78 is 7.29. The molecule has 2 aromatic rings. The van der Waals surface area contributed by atoms with E-state index in [1.165, 1.54) is 6.21 Å². The fourth-order valence-electron chi connectivity index (χ4n) is 1.60. The van der Waals surface area contributed by atoms with Gasteiger partial charge >= 0.3 is 0 Å². The highest BCUT2D eigenvalue weighted by molar-refractivity contribution is 6.30. The number of oxime groups is 1. The van der Waals surface area contributed by atoms with Gasteiger partial charge in [-0.3, -0.25) is 0 Å². The van der Waals surface area contributed by atoms with Crippen LogP contribution in [0.1, 0.15) is 11.3 Å². The zero-order chi connectivity index (χ0) is 13.1. The monoisotopic (exact) mass is 265 g/mol. The highest BCUT2D eigenvalue weighted by atomic mass is 35.5. The molecule has 94 valence electrons. The van der Waals surface area contributed by atoms with Gasteiger partial charge in [-0.05, 0) is 31.2 Å². The third-order valence-electron chi connectivity index (χ3n) is 2.43. The van der Waals surface area contributed by atoms with Crippen LogP contribution in [0.2, 0.25) is 5.02 Å². The van der Waals surface area contributed by atoms with Crippen molar-refractivity contribution in [2.75, 3.05) is 0 Å². The standard InChI is InChI=1S/C12H12ClN3O2/c1-8-11(7-14-17)12(16(2)15-8)18-10-5-3-9(13)4-6-10/h3-7,17H,1-2H3/b14-7+. The zero-order valence-corrected chi connectivity index (χ0v) is 10.7. The van der Waals surface area contributed by atoms with Crippen molar-refractivity contribution >= 4 is 17.8 Å². The van der Waals surface area contributed by atoms with Gasteiger partial charge in [-0.1, -0.05) is 16.8 Å². The van der Waals surface area contributed by atoms with E-state index in [4.69, 9.17) is 21.5 Å². The van der Waals surface area contributed by atoms with Crippen molar-refractivity contribution in [2.45, 2.75) is 6.92 Å². The maximum absolute atomic E-state index is 8.64. The van der Waals surface area contributed by atoms with Gasteiger partial charge in [0, 0.05) is 12.1 Å². The number of halogens is 1. The molecule has 0 aliphatic rings. The van der Waals surface area contributed by atoms with Crippen molar-refractivity contribution < 1.29 is 9.94 Å². The van der Waals surface area contributed by atoms with Crippen LogP contribution >= 0.6 is 11.6 Å². The van der Waals surface area contributed by atoms with Gasteiger partial charge in [0.1, 0.15) is 5.75 Å². The largest absolute Gasteiger partial charge is 0.439 e. The lowest BCUT2D eigenvalue weighted by Crippen LogP contribution is -1.96. The summed E-state index contributed by atoms with van der Waals surface area (Å²) in [7, 11) is 1.76. The molecule has 0 amide bonds. The molecule has 1 aromatic carbocycles. The molecule has 0 saturated carbocycles. The van der Waals surface area contributed by atoms with E-state index < -0.39 is 0 Å². The smallest absolute Gasteiger partial charge is 0.226 e. The molecule has 1 heterocycles. The molecular weight excluding hydrogens is 254 g/mol. The van der Waals surface area contributed by atoms with Gasteiger partial charge in [0.05, 0.1) is 17.5 Å². The highest BCUT2D eigenvalue weighted by Crippen LogP contribution is 2.26. The Labute approximate surface area is 109 Å². The van der Waals surface area contributed by atoms with Crippen molar-refractivity contribution in [3.05, 3.63) is 40.5 Å². The lowest BCUT2D eigenvalue weighted by atomic mass is 10.3. The van der Waals surface area contributed by atoms with Crippen LogP contribution in [-0.4, -0.2) is 21.2 Å². The Morgan fingerprint density at radius 3 is 2.67 bits per heavy atom. The molecule has 0 aliphatic heterocycles. The van der Waals surface area contributed by atoms with E-state index in [0.717, 1.165) is 5.69 Å². The Morgan fingerprint density at radius 1 is 1.39 bits per heavy atom. The first kappa shape index (κ1) is 12.4. The van der Waals surface area contributed by atoms with E-state index in [1.807, 2.05) is 6.92 Å². The fourth-order valence-corrected chi connectivity index (χ4v) is 1.72. The second kappa shape index (κ2) is 5.10. The predicted octanol–water partition coefficient (Wildman–Crippen LogP) is 2.98. The van der Waals surface area contributed by atoms with E-state index >= 15 is 0 Å². The third kappa shape index (κ3) is 2.46. The summed E-state index contributed by atoms with van der Waals surface area (Å²) in [6.07, 6.45) is 1.30. The summed E-state index contributed by atoms with van der Waals surface area (Å²) in [6, 6.07) is 6.98. The minimum atomic E-state index is 0.507. The van der Waals surface area contributed by atoms with Crippen LogP contribution in [0.15, 0.2) is 29.4 Å². The molecule has 0 atom stereocenters. The molecular formula is C12H12ClN3O2. The Bertz CT molecular complexity index is 576. The van der Waals surface area contributed by atoms with E-state index in [2.05, 4.69) is 10.3 Å². The maximum atomic E-state index is 8.64. The Kier molecular flexibility index (Phi) is 3.53. The second-order valence-corrected chi connectivity index (χ2v) is 4.16. The molecule has 0 fully saturated rings. The number of aryl methyl sites for hydroxylation is 2. The lowest BCUT2D eigenvalue weighted by Gasteiger charge is -2.06. The molecule has 18 heavy (non-hydrogen) atoms. The van der Waals surface area contributed by atoms with Gasteiger partial charge in [0.2, 0.25) is 5.88 Å². The van der Waals surface area contributed by atoms with Crippen LogP contribution < -0.4 is 4.74 Å². The number of rotatable bonds is 3. The van der Waals surface area contributed by atoms with E-state index in [0.29, 0.717) is 22.2 Å². The highest BCUT2D eigenvalue weighted by Gasteiger charge is 2.14. The van der Waals surface area contributed by atoms with E-state index in [1.54, 1.807) is 36.0 Å². The van der Waals surface area contributed by atoms with Crippen LogP contribution in [0.25, 0.3) is 0 Å². The first-order valence-electron chi connectivity index (χ1n) is 5.26. The average Bonchev–Trinajstić information content (AvgIpc) is 2.59. The van der Waals surface area contributed by atoms with Crippen LogP contribution in [0.3, 0.4) is 0 Å². The first-order chi connectivity index (χ1) is 8.61. The van der Waals surface area contributed by atoms with Crippen molar-refractivity contribution in [3.63, 3.8) is 0 Å². The minimum absolute atomic E-state index is 0.507. The predicted molar refractivity (Wildman–Crippen MR) is 68.9 cm³/mol. The minimum Gasteiger partial charge on any atom is -0.439 e. The summed E-state index contributed by atoms with van der Waals surface area (Å²) in [5.74, 6) is 1.14. The molecule has 0 bridgehead atoms. The normalized spacial score (nSPS) is 11.1. The molecule has 1 N–H and O–H groups in total. The van der Waals surface area contributed by atoms with Gasteiger partial charge in [0.15, 0.2) is 0 Å². The zero-order valence-electron chi connectivity index (χ0n) is 9.96. The van der Waals surface area contributed by atoms with Gasteiger partial charge < -0.3 is 9.94 Å². The number of hydrogen-bond donors (Lipinski definition) is 1. The lowest BCUT2D eigenvalue weighted by molar-refractivity contribution is 0.321. The summed E-state index contributed by atoms with van der Waals surface area (Å²) in [6.45, 7) is 1.81. The summed E-state index contributed by atoms with van der Waals surface area (Å²) in [5, 5.41) is 16.5. The molecule has 2 rings (SSSR count). The number of aromatic nitrogens is 2. The second-order valence-electron chi connectivity index (χ2n) is 3.73. The molecule has 0 spiro atoms. The number of ether oxygens (including phenoxy) is 1. The van der Waals surface area contributed by atoms with Gasteiger partial charge in [-0.15, -0.1) is 0 Å². The molecule has 6 heteroatoms. The quantitative estimate of drug-likeness (QED) is 0.527. The summed E-state index contributed by atoms with van der Waals surface area (Å²) in [4.78, 5) is 0. The van der Waals surface area contributed by atoms with E-state index in [9.17, 15) is 0 Å². The van der Waals surface area contributed by atoms with Crippen molar-refractivity contribution in [3.8, 4) is 11.6 Å². The average molecular weight is 266 g/mol. The number of nitrogens with zero attached hydrogens (tertiary/aromatic N) is 3. The van der Waals surface area contributed by atoms with E-state index in [-0.39, 0.29) is 0 Å². The third-order valence-corrected chi connectivity index (χ3v) is 2.68. The Morgan fingerprint density at radius 2 is 2.06 bits per heavy atom. The summed E-state index contributed by atoms with van der Waals surface area (Å²) >= 11 is 5.80. The SMILES string of the molecule is Cc1nn(C)c(Oc2ccc(Cl)cc2)c1/C=N/O. The number of benzene rings is 1.